The molecular formula is C21H37AuN2O8S4. The fraction of sp³-hybridized carbons (Fsp3) is 0.762. The summed E-state index contributed by atoms with van der Waals surface area (Å²) in [4.78, 5) is 26.4. The third-order valence-corrected chi connectivity index (χ3v) is 6.19. The van der Waals surface area contributed by atoms with Crippen LogP contribution >= 0.6 is 37.5 Å². The van der Waals surface area contributed by atoms with E-state index in [0.717, 1.165) is 50.0 Å². The van der Waals surface area contributed by atoms with E-state index in [0.29, 0.717) is 10.0 Å². The Morgan fingerprint density at radius 3 is 2.33 bits per heavy atom. The molecule has 1 unspecified atom stereocenters. The van der Waals surface area contributed by atoms with Gasteiger partial charge in [-0.25, -0.2) is 0 Å². The van der Waals surface area contributed by atoms with Gasteiger partial charge in [0.1, 0.15) is 18.3 Å². The number of carboxylic acid groups (broad SMARTS) is 1. The van der Waals surface area contributed by atoms with Crippen LogP contribution in [-0.2, 0) is 51.0 Å². The minimum atomic E-state index is -1.35. The molecule has 36 heavy (non-hydrogen) atoms. The van der Waals surface area contributed by atoms with Gasteiger partial charge in [0.25, 0.3) is 5.56 Å². The number of H-pyrrole nitrogens is 2. The second-order valence-corrected chi connectivity index (χ2v) is 9.92. The second kappa shape index (κ2) is 22.0. The van der Waals surface area contributed by atoms with Crippen molar-refractivity contribution in [1.29, 1.82) is 0 Å². The molecule has 0 bridgehead atoms. The van der Waals surface area contributed by atoms with Crippen molar-refractivity contribution in [3.8, 4) is 0 Å². The van der Waals surface area contributed by atoms with E-state index in [-0.39, 0.29) is 34.4 Å². The summed E-state index contributed by atoms with van der Waals surface area (Å²) in [5, 5.41) is 44.8. The summed E-state index contributed by atoms with van der Waals surface area (Å²) in [5.41, 5.74) is -0.209. The molecule has 6 atom stereocenters. The number of aromatic amines is 2. The quantitative estimate of drug-likeness (QED) is 0.0549. The predicted octanol–water partition coefficient (Wildman–Crippen LogP) is 0.965. The molecule has 0 spiro atoms. The van der Waals surface area contributed by atoms with Crippen LogP contribution in [0.2, 0.25) is 0 Å². The average Bonchev–Trinajstić information content (AvgIpc) is 2.78. The number of carbonyl (C=O) groups is 1. The molecule has 1 aromatic heterocycles. The third kappa shape index (κ3) is 16.9. The Labute approximate surface area is 248 Å². The molecule has 0 saturated carbocycles. The third-order valence-electron chi connectivity index (χ3n) is 4.82. The summed E-state index contributed by atoms with van der Waals surface area (Å²) in [5.74, 6) is 0.146. The van der Waals surface area contributed by atoms with Crippen LogP contribution in [0.3, 0.4) is 0 Å². The number of hydrogen-bond acceptors (Lipinski definition) is 11. The van der Waals surface area contributed by atoms with Gasteiger partial charge in [-0.3, -0.25) is 14.6 Å². The molecule has 1 fully saturated rings. The maximum atomic E-state index is 10.8. The van der Waals surface area contributed by atoms with E-state index in [9.17, 15) is 14.7 Å². The van der Waals surface area contributed by atoms with Gasteiger partial charge >= 0.3 is 28.3 Å². The van der Waals surface area contributed by atoms with Crippen LogP contribution in [0.15, 0.2) is 10.9 Å². The molecule has 1 aromatic rings. The number of aliphatic hydroxyl groups is 4. The van der Waals surface area contributed by atoms with Gasteiger partial charge in [-0.1, -0.05) is 19.8 Å². The van der Waals surface area contributed by atoms with Crippen LogP contribution in [0.5, 0.6) is 0 Å². The molecule has 1 saturated heterocycles. The zero-order valence-corrected chi connectivity index (χ0v) is 25.5. The maximum absolute atomic E-state index is 10.8. The molecule has 10 nitrogen and oxygen atoms in total. The van der Waals surface area contributed by atoms with Crippen LogP contribution < -0.4 is 5.56 Å². The van der Waals surface area contributed by atoms with Crippen LogP contribution in [0, 0.1) is 4.77 Å². The average molecular weight is 771 g/mol. The van der Waals surface area contributed by atoms with Gasteiger partial charge in [-0.2, -0.15) is 25.3 Å². The smallest absolute Gasteiger partial charge is 0.759 e. The fourth-order valence-corrected chi connectivity index (χ4v) is 4.30. The predicted molar refractivity (Wildman–Crippen MR) is 145 cm³/mol. The van der Waals surface area contributed by atoms with Crippen molar-refractivity contribution >= 4 is 56.1 Å². The van der Waals surface area contributed by atoms with Crippen molar-refractivity contribution in [3.05, 3.63) is 26.9 Å². The minimum Gasteiger partial charge on any atom is -0.759 e. The van der Waals surface area contributed by atoms with Gasteiger partial charge in [0.05, 0.1) is 12.7 Å². The first-order chi connectivity index (χ1) is 16.5. The number of thiol groups is 2. The summed E-state index contributed by atoms with van der Waals surface area (Å²) in [6, 6.07) is 1.54. The molecule has 214 valence electrons. The Kier molecular flexibility index (Phi) is 23.4. The summed E-state index contributed by atoms with van der Waals surface area (Å²) < 4.78 is 5.24. The van der Waals surface area contributed by atoms with Crippen molar-refractivity contribution in [1.82, 2.24) is 9.97 Å². The summed E-state index contributed by atoms with van der Waals surface area (Å²) in [6.45, 7) is 1.62. The first kappa shape index (κ1) is 38.3. The van der Waals surface area contributed by atoms with Crippen molar-refractivity contribution in [2.45, 2.75) is 87.0 Å². The monoisotopic (exact) mass is 770 g/mol. The number of aliphatic hydroxyl groups excluding tert-OH is 4. The van der Waals surface area contributed by atoms with Gasteiger partial charge in [0.15, 0.2) is 4.77 Å². The van der Waals surface area contributed by atoms with Crippen molar-refractivity contribution in [3.63, 3.8) is 0 Å². The number of unbranched alkanes of at least 4 members (excludes halogenated alkanes) is 1. The van der Waals surface area contributed by atoms with Crippen LogP contribution in [0.1, 0.15) is 51.1 Å². The Bertz CT molecular complexity index is 799. The molecule has 1 aliphatic heterocycles. The van der Waals surface area contributed by atoms with E-state index in [2.05, 4.69) is 54.8 Å². The van der Waals surface area contributed by atoms with E-state index in [4.69, 9.17) is 37.4 Å². The van der Waals surface area contributed by atoms with E-state index < -0.39 is 42.4 Å². The number of aryl methyl sites for hydroxylation is 1. The molecule has 0 aromatic carbocycles. The van der Waals surface area contributed by atoms with Gasteiger partial charge in [0, 0.05) is 23.4 Å². The molecular weight excluding hydrogens is 733 g/mol. The Balaban J connectivity index is 0. The Morgan fingerprint density at radius 2 is 1.83 bits per heavy atom. The first-order valence-electron chi connectivity index (χ1n) is 11.3. The van der Waals surface area contributed by atoms with E-state index in [1.165, 1.54) is 0 Å². The molecule has 0 amide bonds. The zero-order chi connectivity index (χ0) is 27.0. The van der Waals surface area contributed by atoms with E-state index in [1.807, 2.05) is 0 Å². The molecule has 1 aliphatic rings. The van der Waals surface area contributed by atoms with Gasteiger partial charge in [-0.15, -0.1) is 0 Å². The maximum Gasteiger partial charge on any atom is 1.00 e. The van der Waals surface area contributed by atoms with Crippen LogP contribution in [0.4, 0.5) is 0 Å². The van der Waals surface area contributed by atoms with Crippen molar-refractivity contribution in [2.75, 3.05) is 12.4 Å². The summed E-state index contributed by atoms with van der Waals surface area (Å²) >= 11 is 17.9. The molecule has 2 heterocycles. The van der Waals surface area contributed by atoms with Gasteiger partial charge in [-0.05, 0) is 49.1 Å². The Morgan fingerprint density at radius 1 is 1.19 bits per heavy atom. The number of nitrogens with one attached hydrogen (secondary N) is 2. The molecule has 0 aliphatic carbocycles. The summed E-state index contributed by atoms with van der Waals surface area (Å²) in [7, 11) is 0. The number of aromatic nitrogens is 2. The minimum absolute atomic E-state index is 0. The molecule has 7 N–H and O–H groups in total. The SMILES string of the molecule is CCCc1cc(=O)[nH]c(=S)[nH]1.O=C(O)CCCCC(S)CCS.OC[C@H]1O[C@H]([S-])[C@H](O)[C@@H](O)[C@@H]1O.[Au+]. The van der Waals surface area contributed by atoms with Crippen LogP contribution in [-0.4, -0.2) is 88.9 Å². The Hall–Kier alpha value is 0.160. The normalized spacial score (nSPS) is 23.7. The molecule has 2 rings (SSSR count). The van der Waals surface area contributed by atoms with E-state index in [1.54, 1.807) is 6.07 Å². The standard InChI is InChI=1S/C8H16O2S2.C7H10N2OS.C6H12O5S.Au/c9-8(10)4-2-1-3-7(12)5-6-11;1-2-3-5-4-6(10)9-7(11)8-5;7-1-2-3(8)4(9)5(10)6(12)11-2;/h7,11-12H,1-6H2,(H,9,10);4H,2-3H2,1H3,(H2,8,9,10,11);2-10,12H,1H2;/q;;;+1/p-1/t;;2-,3-,4+,5-,6-;/m..1./s1. The largest absolute Gasteiger partial charge is 1.00 e. The molecule has 15 heteroatoms. The number of ether oxygens (including phenoxy) is 1. The zero-order valence-electron chi connectivity index (χ0n) is 19.9. The summed E-state index contributed by atoms with van der Waals surface area (Å²) in [6.07, 6.45) is 1.04. The van der Waals surface area contributed by atoms with Gasteiger partial charge < -0.3 is 47.9 Å². The number of carboxylic acids is 1. The van der Waals surface area contributed by atoms with Gasteiger partial charge in [0.2, 0.25) is 0 Å². The number of rotatable bonds is 10. The number of hydrogen-bond donors (Lipinski definition) is 9. The fourth-order valence-electron chi connectivity index (χ4n) is 2.94. The van der Waals surface area contributed by atoms with E-state index >= 15 is 0 Å². The first-order valence-corrected chi connectivity index (χ1v) is 13.3. The van der Waals surface area contributed by atoms with Crippen molar-refractivity contribution < 1.29 is 57.4 Å². The molecule has 0 radical (unpaired) electrons. The van der Waals surface area contributed by atoms with Crippen LogP contribution in [0.25, 0.3) is 0 Å². The number of aliphatic carboxylic acids is 1. The topological polar surface area (TPSA) is 176 Å². The second-order valence-electron chi connectivity index (χ2n) is 7.87. The van der Waals surface area contributed by atoms with Crippen molar-refractivity contribution in [2.24, 2.45) is 0 Å².